The first-order valence-corrected chi connectivity index (χ1v) is 17.0. The standard InChI is InChI=1S/C36H35F6N5O2/c37-26-6-1-18-9-23(48)10-24(28(18)30(26)39)29-27(38)11-25-32(31(29)40)44-34(45-33(25)46-14-19-2-3-20(15-46)43-19)49-17-35(7-8-35)16-47-21-4-5-22(47)13-36(41,42)12-21/h1,6,9-11,19-22,43,48H,2-5,7-8,12-17H2. The highest BCUT2D eigenvalue weighted by Gasteiger charge is 2.54. The van der Waals surface area contributed by atoms with Crippen LogP contribution in [0.1, 0.15) is 51.4 Å². The third-order valence-corrected chi connectivity index (χ3v) is 11.4. The van der Waals surface area contributed by atoms with Gasteiger partial charge in [-0.25, -0.2) is 26.3 Å². The molecular weight excluding hydrogens is 648 g/mol. The van der Waals surface area contributed by atoms with Gasteiger partial charge >= 0.3 is 6.01 Å². The summed E-state index contributed by atoms with van der Waals surface area (Å²) in [6.07, 6.45) is 4.85. The fourth-order valence-corrected chi connectivity index (χ4v) is 8.87. The highest BCUT2D eigenvalue weighted by atomic mass is 19.3. The zero-order valence-electron chi connectivity index (χ0n) is 26.6. The van der Waals surface area contributed by atoms with Crippen molar-refractivity contribution in [3.8, 4) is 22.9 Å². The Kier molecular flexibility index (Phi) is 7.05. The van der Waals surface area contributed by atoms with E-state index in [4.69, 9.17) is 9.72 Å². The smallest absolute Gasteiger partial charge is 0.319 e. The van der Waals surface area contributed by atoms with Crippen LogP contribution in [0.3, 0.4) is 0 Å². The first-order chi connectivity index (χ1) is 23.5. The number of aromatic nitrogens is 2. The lowest BCUT2D eigenvalue weighted by molar-refractivity contribution is -0.0876. The molecule has 7 nitrogen and oxygen atoms in total. The number of ether oxygens (including phenoxy) is 1. The maximum Gasteiger partial charge on any atom is 0.319 e. The zero-order chi connectivity index (χ0) is 33.8. The lowest BCUT2D eigenvalue weighted by atomic mass is 9.95. The summed E-state index contributed by atoms with van der Waals surface area (Å²) in [7, 11) is 0. The molecular formula is C36H35F6N5O2. The van der Waals surface area contributed by atoms with E-state index in [1.807, 2.05) is 4.90 Å². The molecule has 5 aliphatic rings. The summed E-state index contributed by atoms with van der Waals surface area (Å²) in [6.45, 7) is 1.94. The number of hydrogen-bond donors (Lipinski definition) is 2. The van der Waals surface area contributed by atoms with Gasteiger partial charge < -0.3 is 20.1 Å². The van der Waals surface area contributed by atoms with Crippen LogP contribution in [0.15, 0.2) is 30.3 Å². The SMILES string of the molecule is Oc1cc(-c2c(F)cc3c(N4CC5CCC(C4)N5)nc(OCC4(CN5C6CCC5CC(F)(F)C6)CC4)nc3c2F)c2c(F)c(F)ccc2c1. The number of phenolic OH excluding ortho intramolecular Hbond substituents is 1. The van der Waals surface area contributed by atoms with Gasteiger partial charge in [-0.15, -0.1) is 0 Å². The Morgan fingerprint density at radius 1 is 0.878 bits per heavy atom. The van der Waals surface area contributed by atoms with Gasteiger partial charge in [0.05, 0.1) is 12.2 Å². The minimum atomic E-state index is -2.64. The fourth-order valence-electron chi connectivity index (χ4n) is 8.87. The van der Waals surface area contributed by atoms with Gasteiger partial charge in [-0.1, -0.05) is 6.07 Å². The lowest BCUT2D eigenvalue weighted by Crippen LogP contribution is -2.51. The molecule has 1 aromatic heterocycles. The van der Waals surface area contributed by atoms with Crippen molar-refractivity contribution in [1.82, 2.24) is 20.2 Å². The Bertz CT molecular complexity index is 1980. The number of nitrogens with zero attached hydrogens (tertiary/aromatic N) is 4. The van der Waals surface area contributed by atoms with Crippen LogP contribution in [0.2, 0.25) is 0 Å². The second-order valence-electron chi connectivity index (χ2n) is 14.9. The average Bonchev–Trinajstić information content (AvgIpc) is 3.68. The van der Waals surface area contributed by atoms with E-state index < -0.39 is 34.8 Å². The molecule has 1 saturated carbocycles. The van der Waals surface area contributed by atoms with Gasteiger partial charge in [-0.3, -0.25) is 4.90 Å². The molecule has 0 radical (unpaired) electrons. The van der Waals surface area contributed by atoms with Crippen molar-refractivity contribution in [3.05, 3.63) is 53.6 Å². The van der Waals surface area contributed by atoms with E-state index in [1.54, 1.807) is 0 Å². The Labute approximate surface area is 278 Å². The van der Waals surface area contributed by atoms with Crippen LogP contribution in [0.25, 0.3) is 32.8 Å². The van der Waals surface area contributed by atoms with Crippen LogP contribution in [-0.2, 0) is 0 Å². The van der Waals surface area contributed by atoms with E-state index in [0.717, 1.165) is 56.7 Å². The summed E-state index contributed by atoms with van der Waals surface area (Å²) in [4.78, 5) is 13.3. The highest BCUT2D eigenvalue weighted by molar-refractivity contribution is 6.02. The van der Waals surface area contributed by atoms with Crippen molar-refractivity contribution in [3.63, 3.8) is 0 Å². The summed E-state index contributed by atoms with van der Waals surface area (Å²) in [5, 5.41) is 13.8. The molecule has 4 atom stereocenters. The summed E-state index contributed by atoms with van der Waals surface area (Å²) in [5.41, 5.74) is -1.54. The molecule has 13 heteroatoms. The number of benzene rings is 3. The predicted molar refractivity (Wildman–Crippen MR) is 171 cm³/mol. The number of piperazine rings is 1. The van der Waals surface area contributed by atoms with E-state index in [2.05, 4.69) is 15.2 Å². The lowest BCUT2D eigenvalue weighted by Gasteiger charge is -2.40. The second kappa shape index (κ2) is 11.1. The first kappa shape index (κ1) is 31.2. The van der Waals surface area contributed by atoms with Gasteiger partial charge in [-0.05, 0) is 68.2 Å². The quantitative estimate of drug-likeness (QED) is 0.202. The topological polar surface area (TPSA) is 73.8 Å². The van der Waals surface area contributed by atoms with Crippen LogP contribution < -0.4 is 15.0 Å². The molecule has 4 bridgehead atoms. The van der Waals surface area contributed by atoms with E-state index in [1.165, 1.54) is 12.1 Å². The number of anilines is 1. The minimum Gasteiger partial charge on any atom is -0.508 e. The molecule has 0 amide bonds. The average molecular weight is 684 g/mol. The van der Waals surface area contributed by atoms with Crippen LogP contribution >= 0.6 is 0 Å². The molecule has 1 aliphatic carbocycles. The number of rotatable bonds is 7. The van der Waals surface area contributed by atoms with Crippen molar-refractivity contribution in [2.45, 2.75) is 81.5 Å². The number of halogens is 6. The molecule has 4 saturated heterocycles. The number of nitrogens with one attached hydrogen (secondary N) is 1. The molecule has 5 heterocycles. The van der Waals surface area contributed by atoms with E-state index in [0.29, 0.717) is 25.5 Å². The van der Waals surface area contributed by atoms with E-state index in [9.17, 15) is 18.3 Å². The fraction of sp³-hybridized carbons (Fsp3) is 0.500. The van der Waals surface area contributed by atoms with Crippen LogP contribution in [-0.4, -0.2) is 76.3 Å². The van der Waals surface area contributed by atoms with Gasteiger partial charge in [-0.2, -0.15) is 9.97 Å². The van der Waals surface area contributed by atoms with Gasteiger partial charge in [0, 0.05) is 78.4 Å². The van der Waals surface area contributed by atoms with Gasteiger partial charge in [0.15, 0.2) is 17.5 Å². The maximum atomic E-state index is 16.8. The Morgan fingerprint density at radius 2 is 1.59 bits per heavy atom. The highest BCUT2D eigenvalue weighted by Crippen LogP contribution is 2.51. The third kappa shape index (κ3) is 5.35. The normalized spacial score (nSPS) is 26.9. The molecule has 4 unspecified atom stereocenters. The minimum absolute atomic E-state index is 0.0667. The molecule has 4 aliphatic heterocycles. The number of fused-ring (bicyclic) bond motifs is 6. The van der Waals surface area contributed by atoms with E-state index in [-0.39, 0.29) is 88.0 Å². The Balaban J connectivity index is 1.11. The Hall–Kier alpha value is -3.84. The largest absolute Gasteiger partial charge is 0.508 e. The first-order valence-electron chi connectivity index (χ1n) is 17.0. The molecule has 0 spiro atoms. The van der Waals surface area contributed by atoms with Crippen LogP contribution in [0.4, 0.5) is 32.2 Å². The summed E-state index contributed by atoms with van der Waals surface area (Å²) in [6, 6.07) is 5.35. The van der Waals surface area contributed by atoms with Gasteiger partial charge in [0.2, 0.25) is 0 Å². The molecule has 9 rings (SSSR count). The summed E-state index contributed by atoms with van der Waals surface area (Å²) >= 11 is 0. The molecule has 49 heavy (non-hydrogen) atoms. The van der Waals surface area contributed by atoms with Crippen molar-refractivity contribution < 1.29 is 36.2 Å². The van der Waals surface area contributed by atoms with Gasteiger partial charge in [0.25, 0.3) is 5.92 Å². The van der Waals surface area contributed by atoms with Crippen LogP contribution in [0.5, 0.6) is 11.8 Å². The predicted octanol–water partition coefficient (Wildman–Crippen LogP) is 7.07. The summed E-state index contributed by atoms with van der Waals surface area (Å²) < 4.78 is 97.2. The van der Waals surface area contributed by atoms with Crippen molar-refractivity contribution in [1.29, 1.82) is 0 Å². The Morgan fingerprint density at radius 3 is 2.29 bits per heavy atom. The molecule has 2 N–H and O–H groups in total. The van der Waals surface area contributed by atoms with Gasteiger partial charge in [0.1, 0.15) is 22.9 Å². The monoisotopic (exact) mass is 683 g/mol. The third-order valence-electron chi connectivity index (χ3n) is 11.4. The molecule has 3 aromatic carbocycles. The zero-order valence-corrected chi connectivity index (χ0v) is 26.6. The van der Waals surface area contributed by atoms with Crippen molar-refractivity contribution >= 4 is 27.5 Å². The van der Waals surface area contributed by atoms with Crippen molar-refractivity contribution in [2.75, 3.05) is 31.1 Å². The number of aromatic hydroxyl groups is 1. The number of piperidine rings is 1. The number of hydrogen-bond acceptors (Lipinski definition) is 7. The van der Waals surface area contributed by atoms with Crippen molar-refractivity contribution in [2.24, 2.45) is 5.41 Å². The number of phenols is 1. The second-order valence-corrected chi connectivity index (χ2v) is 14.9. The number of alkyl halides is 2. The summed E-state index contributed by atoms with van der Waals surface area (Å²) in [5.74, 6) is -7.37. The van der Waals surface area contributed by atoms with E-state index >= 15 is 13.2 Å². The maximum absolute atomic E-state index is 16.8. The molecule has 4 aromatic rings. The molecule has 5 fully saturated rings. The molecule has 258 valence electrons. The van der Waals surface area contributed by atoms with Crippen LogP contribution in [0, 0.1) is 28.7 Å².